The predicted octanol–water partition coefficient (Wildman–Crippen LogP) is 18.2. The Labute approximate surface area is 456 Å². The number of nitrogens with zero attached hydrogens (tertiary/aromatic N) is 3. The van der Waals surface area contributed by atoms with Gasteiger partial charge < -0.3 is 14.7 Å². The van der Waals surface area contributed by atoms with Crippen molar-refractivity contribution in [3.63, 3.8) is 0 Å². The average Bonchev–Trinajstić information content (AvgIpc) is 3.39. The van der Waals surface area contributed by atoms with Gasteiger partial charge in [0.1, 0.15) is 0 Å². The first-order valence-corrected chi connectivity index (χ1v) is 28.3. The number of para-hydroxylation sites is 2. The van der Waals surface area contributed by atoms with Gasteiger partial charge in [-0.2, -0.15) is 0 Å². The Morgan fingerprint density at radius 1 is 0.382 bits per heavy atom. The lowest BCUT2D eigenvalue weighted by Gasteiger charge is -2.48. The first-order valence-electron chi connectivity index (χ1n) is 28.3. The van der Waals surface area contributed by atoms with Crippen molar-refractivity contribution in [2.24, 2.45) is 0 Å². The molecule has 0 aromatic heterocycles. The van der Waals surface area contributed by atoms with Crippen LogP contribution in [0.25, 0.3) is 11.1 Å². The second kappa shape index (κ2) is 17.4. The topological polar surface area (TPSA) is 9.72 Å². The molecule has 12 rings (SSSR count). The van der Waals surface area contributed by atoms with E-state index >= 15 is 0 Å². The lowest BCUT2D eigenvalue weighted by atomic mass is 9.33. The highest BCUT2D eigenvalue weighted by Gasteiger charge is 2.48. The minimum Gasteiger partial charge on any atom is -0.311 e. The van der Waals surface area contributed by atoms with Gasteiger partial charge in [-0.1, -0.05) is 194 Å². The van der Waals surface area contributed by atoms with Gasteiger partial charge in [0.25, 0.3) is 6.71 Å². The van der Waals surface area contributed by atoms with E-state index in [1.807, 2.05) is 0 Å². The summed E-state index contributed by atoms with van der Waals surface area (Å²) in [5.74, 6) is 0. The van der Waals surface area contributed by atoms with Crippen molar-refractivity contribution >= 4 is 74.3 Å². The largest absolute Gasteiger partial charge is 0.311 e. The molecule has 0 atom stereocenters. The normalized spacial score (nSPS) is 17.5. The molecule has 2 heterocycles. The van der Waals surface area contributed by atoms with E-state index in [4.69, 9.17) is 0 Å². The second-order valence-electron chi connectivity index (χ2n) is 27.6. The minimum atomic E-state index is -0.0721. The Hall–Kier alpha value is -6.78. The maximum Gasteiger partial charge on any atom is 0.252 e. The molecule has 2 aliphatic heterocycles. The van der Waals surface area contributed by atoms with Gasteiger partial charge in [-0.3, -0.25) is 0 Å². The molecular weight excluding hydrogens is 918 g/mol. The van der Waals surface area contributed by atoms with Crippen LogP contribution in [0.3, 0.4) is 0 Å². The molecule has 0 bridgehead atoms. The second-order valence-corrected chi connectivity index (χ2v) is 27.6. The third-order valence-electron chi connectivity index (χ3n) is 18.5. The van der Waals surface area contributed by atoms with E-state index < -0.39 is 0 Å². The zero-order chi connectivity index (χ0) is 53.5. The highest BCUT2D eigenvalue weighted by molar-refractivity contribution is 7.00. The van der Waals surface area contributed by atoms with Gasteiger partial charge >= 0.3 is 0 Å². The molecule has 0 amide bonds. The molecule has 0 unspecified atom stereocenters. The van der Waals surface area contributed by atoms with E-state index in [-0.39, 0.29) is 39.2 Å². The smallest absolute Gasteiger partial charge is 0.252 e. The number of rotatable bonds is 6. The minimum absolute atomic E-state index is 0.00581. The molecule has 3 nitrogen and oxygen atoms in total. The van der Waals surface area contributed by atoms with Crippen LogP contribution < -0.4 is 31.1 Å². The van der Waals surface area contributed by atoms with E-state index in [9.17, 15) is 0 Å². The number of hydrogen-bond acceptors (Lipinski definition) is 3. The van der Waals surface area contributed by atoms with Gasteiger partial charge in [-0.25, -0.2) is 0 Å². The molecule has 4 heteroatoms. The van der Waals surface area contributed by atoms with Gasteiger partial charge in [0.2, 0.25) is 0 Å². The molecule has 0 saturated heterocycles. The maximum absolute atomic E-state index is 2.72. The quantitative estimate of drug-likeness (QED) is 0.154. The van der Waals surface area contributed by atoms with E-state index in [0.717, 1.165) is 36.3 Å². The number of anilines is 9. The average molecular weight is 996 g/mol. The summed E-state index contributed by atoms with van der Waals surface area (Å²) in [6, 6.07) is 65.9. The molecule has 8 aromatic carbocycles. The lowest BCUT2D eigenvalue weighted by Crippen LogP contribution is -2.62. The fourth-order valence-electron chi connectivity index (χ4n) is 13.5. The third kappa shape index (κ3) is 8.15. The van der Waals surface area contributed by atoms with Crippen LogP contribution >= 0.6 is 0 Å². The molecule has 0 fully saturated rings. The summed E-state index contributed by atoms with van der Waals surface area (Å²) >= 11 is 0. The van der Waals surface area contributed by atoms with Crippen LogP contribution in [-0.2, 0) is 32.5 Å². The van der Waals surface area contributed by atoms with E-state index in [1.54, 1.807) is 0 Å². The Balaban J connectivity index is 1.27. The van der Waals surface area contributed by atoms with Crippen LogP contribution in [0.2, 0.25) is 0 Å². The monoisotopic (exact) mass is 996 g/mol. The summed E-state index contributed by atoms with van der Waals surface area (Å²) in [5.41, 5.74) is 25.9. The lowest BCUT2D eigenvalue weighted by molar-refractivity contribution is 0.332. The Bertz CT molecular complexity index is 3530. The van der Waals surface area contributed by atoms with Gasteiger partial charge in [-0.05, 0) is 186 Å². The molecule has 0 saturated carbocycles. The van der Waals surface area contributed by atoms with Crippen molar-refractivity contribution in [2.75, 3.05) is 14.7 Å². The molecule has 0 spiro atoms. The molecule has 0 N–H and O–H groups in total. The summed E-state index contributed by atoms with van der Waals surface area (Å²) in [6.07, 6.45) is 4.63. The van der Waals surface area contributed by atoms with Gasteiger partial charge in [0.05, 0.1) is 11.4 Å². The van der Waals surface area contributed by atoms with Crippen molar-refractivity contribution in [3.8, 4) is 11.1 Å². The van der Waals surface area contributed by atoms with Gasteiger partial charge in [-0.15, -0.1) is 0 Å². The first kappa shape index (κ1) is 50.1. The predicted molar refractivity (Wildman–Crippen MR) is 329 cm³/mol. The number of hydrogen-bond donors (Lipinski definition) is 0. The third-order valence-corrected chi connectivity index (χ3v) is 18.5. The summed E-state index contributed by atoms with van der Waals surface area (Å²) in [6.45, 7) is 33.9. The van der Waals surface area contributed by atoms with Crippen LogP contribution in [0.15, 0.2) is 170 Å². The summed E-state index contributed by atoms with van der Waals surface area (Å²) < 4.78 is 0. The SMILES string of the molecule is CC(C)(C)c1ccc2c(c1)B1c3cc4c(cc3N(c3ccc5c(c3)C(C)(C)CCC5(C)C)c3cc(N(c5ccccc5)c5ccccc5)cc(c31)N2c1ccc(C(C)(C)C)cc1-c1ccccc1)C(C)(C)CCC4(C)C. The molecule has 2 aliphatic carbocycles. The molecule has 76 heavy (non-hydrogen) atoms. The van der Waals surface area contributed by atoms with Crippen LogP contribution in [0.1, 0.15) is 156 Å². The molecular formula is C72H78BN3. The van der Waals surface area contributed by atoms with Crippen LogP contribution in [0.5, 0.6) is 0 Å². The first-order chi connectivity index (χ1) is 35.9. The zero-order valence-corrected chi connectivity index (χ0v) is 47.9. The van der Waals surface area contributed by atoms with Crippen molar-refractivity contribution in [1.82, 2.24) is 0 Å². The number of benzene rings is 8. The van der Waals surface area contributed by atoms with Crippen molar-refractivity contribution in [2.45, 2.75) is 155 Å². The Kier molecular flexibility index (Phi) is 11.4. The molecule has 0 radical (unpaired) electrons. The molecule has 8 aromatic rings. The fourth-order valence-corrected chi connectivity index (χ4v) is 13.5. The Morgan fingerprint density at radius 3 is 1.39 bits per heavy atom. The van der Waals surface area contributed by atoms with E-state index in [2.05, 4.69) is 281 Å². The van der Waals surface area contributed by atoms with E-state index in [0.29, 0.717) is 0 Å². The van der Waals surface area contributed by atoms with Crippen LogP contribution in [0.4, 0.5) is 51.2 Å². The van der Waals surface area contributed by atoms with E-state index in [1.165, 1.54) is 101 Å². The highest BCUT2D eigenvalue weighted by atomic mass is 15.2. The molecule has 384 valence electrons. The summed E-state index contributed by atoms with van der Waals surface area (Å²) in [7, 11) is 0. The molecule has 4 aliphatic rings. The summed E-state index contributed by atoms with van der Waals surface area (Å²) in [4.78, 5) is 7.86. The van der Waals surface area contributed by atoms with Crippen LogP contribution in [-0.4, -0.2) is 6.71 Å². The maximum atomic E-state index is 2.72. The summed E-state index contributed by atoms with van der Waals surface area (Å²) in [5, 5.41) is 0. The van der Waals surface area contributed by atoms with Gasteiger partial charge in [0.15, 0.2) is 0 Å². The van der Waals surface area contributed by atoms with Gasteiger partial charge in [0, 0.05) is 45.4 Å². The van der Waals surface area contributed by atoms with Crippen molar-refractivity contribution < 1.29 is 0 Å². The fraction of sp³-hybridized carbons (Fsp3) is 0.333. The van der Waals surface area contributed by atoms with Crippen LogP contribution in [0, 0.1) is 0 Å². The highest BCUT2D eigenvalue weighted by Crippen LogP contribution is 2.55. The van der Waals surface area contributed by atoms with Crippen molar-refractivity contribution in [3.05, 3.63) is 203 Å². The zero-order valence-electron chi connectivity index (χ0n) is 47.9. The van der Waals surface area contributed by atoms with Crippen molar-refractivity contribution in [1.29, 1.82) is 0 Å². The Morgan fingerprint density at radius 2 is 0.842 bits per heavy atom. The standard InChI is InChI=1S/C72H78BN3/c1-67(2,3)48-30-34-61(54(40-48)47-24-18-15-19-25-47)76-62-35-31-49(68(4,5)6)41-59(62)73-60-45-57-58(72(13,14)39-38-71(57,11)12)46-63(60)75(52-32-33-55-56(42-52)70(9,10)37-36-69(55,7)8)64-43-53(44-65(76)66(64)73)74(50-26-20-16-21-27-50)51-28-22-17-23-29-51/h15-35,40-46H,36-39H2,1-14H3. The number of fused-ring (bicyclic) bond motifs is 6.